The summed E-state index contributed by atoms with van der Waals surface area (Å²) in [5.74, 6) is -0.349. The summed E-state index contributed by atoms with van der Waals surface area (Å²) in [6.45, 7) is 5.08. The minimum atomic E-state index is -0.349. The van der Waals surface area contributed by atoms with Crippen molar-refractivity contribution in [3.8, 4) is 0 Å². The zero-order valence-electron chi connectivity index (χ0n) is 19.5. The van der Waals surface area contributed by atoms with Gasteiger partial charge in [0.2, 0.25) is 5.91 Å². The van der Waals surface area contributed by atoms with E-state index >= 15 is 0 Å². The molecule has 3 amide bonds. The van der Waals surface area contributed by atoms with E-state index in [1.54, 1.807) is 5.48 Å². The fraction of sp³-hybridized carbons (Fsp3) is 0.462. The first-order chi connectivity index (χ1) is 16.1. The molecule has 0 aliphatic carbocycles. The van der Waals surface area contributed by atoms with Crippen molar-refractivity contribution in [2.75, 3.05) is 26.2 Å². The van der Waals surface area contributed by atoms with Gasteiger partial charge in [-0.25, -0.2) is 10.3 Å². The quantitative estimate of drug-likeness (QED) is 0.290. The highest BCUT2D eigenvalue weighted by molar-refractivity contribution is 5.75. The fourth-order valence-corrected chi connectivity index (χ4v) is 4.52. The molecule has 0 aromatic heterocycles. The van der Waals surface area contributed by atoms with Gasteiger partial charge < -0.3 is 10.2 Å². The monoisotopic (exact) mass is 452 g/mol. The minimum Gasteiger partial charge on any atom is -0.338 e. The fourth-order valence-electron chi connectivity index (χ4n) is 4.52. The highest BCUT2D eigenvalue weighted by Crippen LogP contribution is 2.30. The molecule has 1 atom stereocenters. The minimum absolute atomic E-state index is 0.00206. The van der Waals surface area contributed by atoms with Crippen molar-refractivity contribution in [1.82, 2.24) is 20.6 Å². The summed E-state index contributed by atoms with van der Waals surface area (Å²) in [5, 5.41) is 11.5. The second-order valence-corrected chi connectivity index (χ2v) is 8.69. The van der Waals surface area contributed by atoms with Crippen molar-refractivity contribution in [3.63, 3.8) is 0 Å². The third kappa shape index (κ3) is 7.30. The predicted octanol–water partition coefficient (Wildman–Crippen LogP) is 3.95. The Morgan fingerprint density at radius 1 is 0.939 bits per heavy atom. The molecule has 3 N–H and O–H groups in total. The third-order valence-corrected chi connectivity index (χ3v) is 6.25. The van der Waals surface area contributed by atoms with Gasteiger partial charge in [-0.1, -0.05) is 73.5 Å². The van der Waals surface area contributed by atoms with Crippen LogP contribution in [0.15, 0.2) is 60.7 Å². The molecule has 0 radical (unpaired) electrons. The average Bonchev–Trinajstić information content (AvgIpc) is 2.84. The first-order valence-electron chi connectivity index (χ1n) is 11.9. The van der Waals surface area contributed by atoms with Gasteiger partial charge in [-0.3, -0.25) is 14.9 Å². The Hall–Kier alpha value is -2.90. The van der Waals surface area contributed by atoms with Crippen molar-refractivity contribution < 1.29 is 14.8 Å². The van der Waals surface area contributed by atoms with Gasteiger partial charge in [0, 0.05) is 38.6 Å². The summed E-state index contributed by atoms with van der Waals surface area (Å²) in [6, 6.07) is 21.4. The summed E-state index contributed by atoms with van der Waals surface area (Å²) in [4.78, 5) is 28.2. The number of hydrogen-bond acceptors (Lipinski definition) is 4. The number of hydroxylamine groups is 1. The number of benzene rings is 2. The van der Waals surface area contributed by atoms with E-state index in [4.69, 9.17) is 5.21 Å². The second-order valence-electron chi connectivity index (χ2n) is 8.69. The van der Waals surface area contributed by atoms with Crippen LogP contribution in [0.4, 0.5) is 4.79 Å². The summed E-state index contributed by atoms with van der Waals surface area (Å²) in [6.07, 6.45) is 3.79. The first-order valence-corrected chi connectivity index (χ1v) is 11.9. The van der Waals surface area contributed by atoms with Crippen LogP contribution in [0.1, 0.15) is 56.2 Å². The Morgan fingerprint density at radius 3 is 2.12 bits per heavy atom. The molecule has 0 saturated carbocycles. The number of nitrogens with zero attached hydrogens (tertiary/aromatic N) is 2. The number of nitrogens with one attached hydrogen (secondary N) is 2. The molecular weight excluding hydrogens is 416 g/mol. The second kappa shape index (κ2) is 13.0. The molecule has 0 spiro atoms. The van der Waals surface area contributed by atoms with E-state index in [2.05, 4.69) is 65.7 Å². The smallest absolute Gasteiger partial charge is 0.317 e. The molecule has 0 unspecified atom stereocenters. The van der Waals surface area contributed by atoms with Gasteiger partial charge in [-0.15, -0.1) is 0 Å². The van der Waals surface area contributed by atoms with Crippen LogP contribution >= 0.6 is 0 Å². The number of carbonyl (C=O) groups excluding carboxylic acids is 2. The van der Waals surface area contributed by atoms with Crippen molar-refractivity contribution in [1.29, 1.82) is 0 Å². The number of amides is 3. The number of urea groups is 1. The summed E-state index contributed by atoms with van der Waals surface area (Å²) < 4.78 is 0. The van der Waals surface area contributed by atoms with Crippen molar-refractivity contribution in [2.45, 2.75) is 51.1 Å². The van der Waals surface area contributed by atoms with Crippen LogP contribution < -0.4 is 10.8 Å². The standard InChI is InChI=1S/C26H36N4O3/c1-21-20-29(25(22-12-6-4-7-13-22)23-14-8-5-9-15-23)18-19-30(21)26(32)27-17-11-3-2-10-16-24(31)28-33/h4-9,12-15,21,25,33H,2-3,10-11,16-20H2,1H3,(H,27,32)(H,28,31)/t21-/m1/s1. The van der Waals surface area contributed by atoms with E-state index in [0.717, 1.165) is 38.8 Å². The van der Waals surface area contributed by atoms with Gasteiger partial charge >= 0.3 is 6.03 Å². The molecule has 1 fully saturated rings. The van der Waals surface area contributed by atoms with Gasteiger partial charge in [0.25, 0.3) is 0 Å². The van der Waals surface area contributed by atoms with E-state index in [1.807, 2.05) is 17.0 Å². The summed E-state index contributed by atoms with van der Waals surface area (Å²) in [7, 11) is 0. The normalized spacial score (nSPS) is 16.6. The topological polar surface area (TPSA) is 84.9 Å². The molecule has 0 bridgehead atoms. The molecule has 1 saturated heterocycles. The van der Waals surface area contributed by atoms with Crippen LogP contribution in [0.5, 0.6) is 0 Å². The van der Waals surface area contributed by atoms with Crippen LogP contribution in [0, 0.1) is 0 Å². The van der Waals surface area contributed by atoms with Gasteiger partial charge in [0.1, 0.15) is 0 Å². The first kappa shape index (κ1) is 24.7. The number of carbonyl (C=O) groups is 2. The maximum atomic E-state index is 12.8. The van der Waals surface area contributed by atoms with Crippen LogP contribution in [0.2, 0.25) is 0 Å². The zero-order chi connectivity index (χ0) is 23.5. The van der Waals surface area contributed by atoms with Gasteiger partial charge in [-0.05, 0) is 30.9 Å². The van der Waals surface area contributed by atoms with Crippen LogP contribution in [-0.2, 0) is 4.79 Å². The highest BCUT2D eigenvalue weighted by Gasteiger charge is 2.32. The lowest BCUT2D eigenvalue weighted by molar-refractivity contribution is -0.129. The van der Waals surface area contributed by atoms with Crippen molar-refractivity contribution >= 4 is 11.9 Å². The van der Waals surface area contributed by atoms with E-state index in [1.165, 1.54) is 11.1 Å². The Kier molecular flexibility index (Phi) is 9.72. The number of piperazine rings is 1. The molecule has 3 rings (SSSR count). The predicted molar refractivity (Wildman–Crippen MR) is 129 cm³/mol. The maximum absolute atomic E-state index is 12.8. The van der Waals surface area contributed by atoms with Crippen LogP contribution in [-0.4, -0.2) is 59.2 Å². The van der Waals surface area contributed by atoms with Crippen LogP contribution in [0.3, 0.4) is 0 Å². The van der Waals surface area contributed by atoms with Gasteiger partial charge in [-0.2, -0.15) is 0 Å². The number of unbranched alkanes of at least 4 members (excludes halogenated alkanes) is 3. The Morgan fingerprint density at radius 2 is 1.55 bits per heavy atom. The maximum Gasteiger partial charge on any atom is 0.317 e. The van der Waals surface area contributed by atoms with Crippen molar-refractivity contribution in [3.05, 3.63) is 71.8 Å². The van der Waals surface area contributed by atoms with E-state index in [9.17, 15) is 9.59 Å². The molecule has 1 aliphatic heterocycles. The highest BCUT2D eigenvalue weighted by atomic mass is 16.5. The molecule has 7 heteroatoms. The SMILES string of the molecule is C[C@@H]1CN(C(c2ccccc2)c2ccccc2)CCN1C(=O)NCCCCCCC(=O)NO. The molecule has 1 heterocycles. The molecule has 33 heavy (non-hydrogen) atoms. The van der Waals surface area contributed by atoms with E-state index in [0.29, 0.717) is 19.5 Å². The van der Waals surface area contributed by atoms with Gasteiger partial charge in [0.15, 0.2) is 0 Å². The van der Waals surface area contributed by atoms with Crippen LogP contribution in [0.25, 0.3) is 0 Å². The molecular formula is C26H36N4O3. The molecule has 2 aromatic carbocycles. The Labute approximate surface area is 196 Å². The lowest BCUT2D eigenvalue weighted by atomic mass is 9.95. The summed E-state index contributed by atoms with van der Waals surface area (Å²) >= 11 is 0. The van der Waals surface area contributed by atoms with Crippen molar-refractivity contribution in [2.24, 2.45) is 0 Å². The lowest BCUT2D eigenvalue weighted by Gasteiger charge is -2.43. The van der Waals surface area contributed by atoms with E-state index in [-0.39, 0.29) is 24.0 Å². The van der Waals surface area contributed by atoms with Gasteiger partial charge in [0.05, 0.1) is 6.04 Å². The zero-order valence-corrected chi connectivity index (χ0v) is 19.5. The third-order valence-electron chi connectivity index (χ3n) is 6.25. The largest absolute Gasteiger partial charge is 0.338 e. The average molecular weight is 453 g/mol. The Balaban J connectivity index is 1.49. The molecule has 7 nitrogen and oxygen atoms in total. The Bertz CT molecular complexity index is 823. The molecule has 2 aromatic rings. The number of hydrogen-bond donors (Lipinski definition) is 3. The number of rotatable bonds is 10. The van der Waals surface area contributed by atoms with E-state index < -0.39 is 0 Å². The lowest BCUT2D eigenvalue weighted by Crippen LogP contribution is -2.57. The summed E-state index contributed by atoms with van der Waals surface area (Å²) in [5.41, 5.74) is 4.18. The molecule has 1 aliphatic rings. The molecule has 178 valence electrons.